The van der Waals surface area contributed by atoms with Gasteiger partial charge in [0.1, 0.15) is 5.75 Å². The lowest BCUT2D eigenvalue weighted by atomic mass is 9.81. The SMILES string of the molecule is Cc1cc(C(C)(C)C)c(O)c(C2(C(=O)O)CC2)c1. The fourth-order valence-electron chi connectivity index (χ4n) is 2.44. The number of carbonyl (C=O) groups is 1. The zero-order chi connectivity index (χ0) is 13.7. The number of benzene rings is 1. The lowest BCUT2D eigenvalue weighted by Crippen LogP contribution is -2.22. The van der Waals surface area contributed by atoms with Crippen molar-refractivity contribution in [3.63, 3.8) is 0 Å². The van der Waals surface area contributed by atoms with E-state index in [-0.39, 0.29) is 11.2 Å². The second kappa shape index (κ2) is 3.74. The summed E-state index contributed by atoms with van der Waals surface area (Å²) < 4.78 is 0. The minimum atomic E-state index is -0.851. The summed E-state index contributed by atoms with van der Waals surface area (Å²) in [6.07, 6.45) is 1.23. The molecule has 0 amide bonds. The molecule has 1 aromatic carbocycles. The van der Waals surface area contributed by atoms with Crippen molar-refractivity contribution >= 4 is 5.97 Å². The molecule has 0 atom stereocenters. The van der Waals surface area contributed by atoms with Gasteiger partial charge in [-0.05, 0) is 30.7 Å². The zero-order valence-corrected chi connectivity index (χ0v) is 11.4. The van der Waals surface area contributed by atoms with E-state index in [4.69, 9.17) is 0 Å². The van der Waals surface area contributed by atoms with Crippen LogP contribution in [0, 0.1) is 6.92 Å². The molecule has 0 radical (unpaired) electrons. The van der Waals surface area contributed by atoms with Crippen LogP contribution < -0.4 is 0 Å². The van der Waals surface area contributed by atoms with Crippen molar-refractivity contribution in [2.75, 3.05) is 0 Å². The highest BCUT2D eigenvalue weighted by atomic mass is 16.4. The van der Waals surface area contributed by atoms with Gasteiger partial charge in [0.05, 0.1) is 5.41 Å². The maximum absolute atomic E-state index is 11.4. The van der Waals surface area contributed by atoms with E-state index in [0.717, 1.165) is 11.1 Å². The van der Waals surface area contributed by atoms with Gasteiger partial charge in [-0.3, -0.25) is 4.79 Å². The topological polar surface area (TPSA) is 57.5 Å². The van der Waals surface area contributed by atoms with E-state index in [1.807, 2.05) is 39.8 Å². The first-order valence-electron chi connectivity index (χ1n) is 6.26. The second-order valence-corrected chi connectivity index (χ2v) is 6.35. The van der Waals surface area contributed by atoms with E-state index in [1.54, 1.807) is 0 Å². The zero-order valence-electron chi connectivity index (χ0n) is 11.4. The summed E-state index contributed by atoms with van der Waals surface area (Å²) in [5.41, 5.74) is 1.36. The number of carboxylic acids is 1. The highest BCUT2D eigenvalue weighted by molar-refractivity contribution is 5.86. The molecule has 0 aliphatic heterocycles. The minimum Gasteiger partial charge on any atom is -0.507 e. The number of hydrogen-bond donors (Lipinski definition) is 2. The fraction of sp³-hybridized carbons (Fsp3) is 0.533. The van der Waals surface area contributed by atoms with Gasteiger partial charge in [0, 0.05) is 5.56 Å². The van der Waals surface area contributed by atoms with Gasteiger partial charge in [-0.25, -0.2) is 0 Å². The Morgan fingerprint density at radius 2 is 1.83 bits per heavy atom. The molecule has 0 heterocycles. The summed E-state index contributed by atoms with van der Waals surface area (Å²) >= 11 is 0. The molecular weight excluding hydrogens is 228 g/mol. The van der Waals surface area contributed by atoms with Crippen LogP contribution in [0.2, 0.25) is 0 Å². The van der Waals surface area contributed by atoms with Crippen molar-refractivity contribution in [2.45, 2.75) is 51.4 Å². The molecule has 2 rings (SSSR count). The van der Waals surface area contributed by atoms with Crippen LogP contribution in [-0.4, -0.2) is 16.2 Å². The summed E-state index contributed by atoms with van der Waals surface area (Å²) in [5.74, 6) is -0.670. The van der Waals surface area contributed by atoms with Gasteiger partial charge in [0.25, 0.3) is 0 Å². The first-order valence-corrected chi connectivity index (χ1v) is 6.26. The maximum Gasteiger partial charge on any atom is 0.314 e. The molecule has 1 aromatic rings. The average molecular weight is 248 g/mol. The molecule has 2 N–H and O–H groups in total. The van der Waals surface area contributed by atoms with Crippen LogP contribution >= 0.6 is 0 Å². The molecule has 98 valence electrons. The van der Waals surface area contributed by atoms with E-state index in [1.165, 1.54) is 0 Å². The summed E-state index contributed by atoms with van der Waals surface area (Å²) in [4.78, 5) is 11.4. The van der Waals surface area contributed by atoms with E-state index in [9.17, 15) is 15.0 Å². The Labute approximate surface area is 107 Å². The standard InChI is InChI=1S/C15H20O3/c1-9-7-10(14(2,3)4)12(16)11(8-9)15(5-6-15)13(17)18/h7-8,16H,5-6H2,1-4H3,(H,17,18). The Hall–Kier alpha value is -1.51. The van der Waals surface area contributed by atoms with Gasteiger partial charge in [0.15, 0.2) is 0 Å². The third kappa shape index (κ3) is 1.88. The van der Waals surface area contributed by atoms with Crippen LogP contribution in [0.15, 0.2) is 12.1 Å². The van der Waals surface area contributed by atoms with Gasteiger partial charge < -0.3 is 10.2 Å². The predicted octanol–water partition coefficient (Wildman–Crippen LogP) is 3.11. The highest BCUT2D eigenvalue weighted by Crippen LogP contribution is 2.53. The molecular formula is C15H20O3. The summed E-state index contributed by atoms with van der Waals surface area (Å²) in [7, 11) is 0. The summed E-state index contributed by atoms with van der Waals surface area (Å²) in [6, 6.07) is 3.75. The smallest absolute Gasteiger partial charge is 0.314 e. The van der Waals surface area contributed by atoms with Gasteiger partial charge in [-0.15, -0.1) is 0 Å². The Kier molecular flexibility index (Phi) is 2.69. The number of phenolic OH excluding ortho intramolecular Hbond substituents is 1. The summed E-state index contributed by atoms with van der Waals surface area (Å²) in [6.45, 7) is 8.00. The van der Waals surface area contributed by atoms with E-state index >= 15 is 0 Å². The Balaban J connectivity index is 2.64. The third-order valence-corrected chi connectivity index (χ3v) is 3.74. The molecule has 1 fully saturated rings. The molecule has 1 aliphatic rings. The molecule has 0 spiro atoms. The lowest BCUT2D eigenvalue weighted by molar-refractivity contribution is -0.140. The van der Waals surface area contributed by atoms with Gasteiger partial charge in [0.2, 0.25) is 0 Å². The van der Waals surface area contributed by atoms with Gasteiger partial charge in [-0.2, -0.15) is 0 Å². The largest absolute Gasteiger partial charge is 0.507 e. The number of aryl methyl sites for hydroxylation is 1. The van der Waals surface area contributed by atoms with Crippen molar-refractivity contribution in [3.05, 3.63) is 28.8 Å². The highest BCUT2D eigenvalue weighted by Gasteiger charge is 2.53. The second-order valence-electron chi connectivity index (χ2n) is 6.35. The molecule has 3 heteroatoms. The van der Waals surface area contributed by atoms with Crippen LogP contribution in [0.25, 0.3) is 0 Å². The number of aliphatic carboxylic acids is 1. The molecule has 1 aliphatic carbocycles. The molecule has 0 bridgehead atoms. The Morgan fingerprint density at radius 3 is 2.22 bits per heavy atom. The van der Waals surface area contributed by atoms with Crippen molar-refractivity contribution in [1.82, 2.24) is 0 Å². The van der Waals surface area contributed by atoms with Crippen molar-refractivity contribution in [1.29, 1.82) is 0 Å². The van der Waals surface area contributed by atoms with E-state index in [0.29, 0.717) is 18.4 Å². The van der Waals surface area contributed by atoms with Crippen LogP contribution in [0.3, 0.4) is 0 Å². The molecule has 1 saturated carbocycles. The number of rotatable bonds is 2. The van der Waals surface area contributed by atoms with Crippen molar-refractivity contribution in [3.8, 4) is 5.75 Å². The van der Waals surface area contributed by atoms with Crippen LogP contribution in [0.1, 0.15) is 50.3 Å². The average Bonchev–Trinajstić information content (AvgIpc) is 3.00. The molecule has 0 aromatic heterocycles. The number of hydrogen-bond acceptors (Lipinski definition) is 2. The first-order chi connectivity index (χ1) is 8.18. The predicted molar refractivity (Wildman–Crippen MR) is 70.1 cm³/mol. The van der Waals surface area contributed by atoms with Crippen LogP contribution in [-0.2, 0) is 15.6 Å². The van der Waals surface area contributed by atoms with E-state index < -0.39 is 11.4 Å². The fourth-order valence-corrected chi connectivity index (χ4v) is 2.44. The van der Waals surface area contributed by atoms with Gasteiger partial charge >= 0.3 is 5.97 Å². The Bertz CT molecular complexity index is 505. The van der Waals surface area contributed by atoms with Crippen molar-refractivity contribution < 1.29 is 15.0 Å². The molecule has 0 unspecified atom stereocenters. The van der Waals surface area contributed by atoms with E-state index in [2.05, 4.69) is 0 Å². The van der Waals surface area contributed by atoms with Crippen LogP contribution in [0.4, 0.5) is 0 Å². The Morgan fingerprint density at radius 1 is 1.28 bits per heavy atom. The van der Waals surface area contributed by atoms with Crippen LogP contribution in [0.5, 0.6) is 5.75 Å². The monoisotopic (exact) mass is 248 g/mol. The number of phenols is 1. The number of carboxylic acid groups (broad SMARTS) is 1. The quantitative estimate of drug-likeness (QED) is 0.845. The maximum atomic E-state index is 11.4. The molecule has 3 nitrogen and oxygen atoms in total. The molecule has 0 saturated heterocycles. The minimum absolute atomic E-state index is 0.160. The number of aromatic hydroxyl groups is 1. The lowest BCUT2D eigenvalue weighted by Gasteiger charge is -2.24. The molecule has 18 heavy (non-hydrogen) atoms. The van der Waals surface area contributed by atoms with Gasteiger partial charge in [-0.1, -0.05) is 38.5 Å². The normalized spacial score (nSPS) is 17.6. The van der Waals surface area contributed by atoms with Crippen molar-refractivity contribution in [2.24, 2.45) is 0 Å². The first kappa shape index (κ1) is 12.9. The third-order valence-electron chi connectivity index (χ3n) is 3.74. The summed E-state index contributed by atoms with van der Waals surface area (Å²) in [5, 5.41) is 19.8.